The Morgan fingerprint density at radius 2 is 1.92 bits per heavy atom. The predicted molar refractivity (Wildman–Crippen MR) is 101 cm³/mol. The van der Waals surface area contributed by atoms with E-state index < -0.39 is 0 Å². The topological polar surface area (TPSA) is 74.3 Å². The summed E-state index contributed by atoms with van der Waals surface area (Å²) in [5.41, 5.74) is 4.70. The van der Waals surface area contributed by atoms with Gasteiger partial charge in [0, 0.05) is 42.0 Å². The second-order valence-electron chi connectivity index (χ2n) is 6.30. The van der Waals surface area contributed by atoms with Gasteiger partial charge in [-0.15, -0.1) is 10.2 Å². The lowest BCUT2D eigenvalue weighted by Crippen LogP contribution is -2.10. The molecule has 0 N–H and O–H groups in total. The molecule has 0 aliphatic heterocycles. The minimum atomic E-state index is 0.0845. The minimum Gasteiger partial charge on any atom is -0.383 e. The summed E-state index contributed by atoms with van der Waals surface area (Å²) in [5, 5.41) is 8.99. The van der Waals surface area contributed by atoms with Crippen LogP contribution < -0.4 is 0 Å². The SMILES string of the molecule is COCCn1c(C)cc(C(=O)CSc2nnc3nc(C)cc(C)n23)c1C. The number of fused-ring (bicyclic) bond motifs is 1. The van der Waals surface area contributed by atoms with Crippen LogP contribution >= 0.6 is 11.8 Å². The molecule has 0 spiro atoms. The van der Waals surface area contributed by atoms with Crippen LogP contribution in [0.15, 0.2) is 17.3 Å². The van der Waals surface area contributed by atoms with Crippen LogP contribution in [0.25, 0.3) is 5.78 Å². The molecular weight excluding hydrogens is 350 g/mol. The molecule has 0 aromatic carbocycles. The summed E-state index contributed by atoms with van der Waals surface area (Å²) < 4.78 is 9.15. The van der Waals surface area contributed by atoms with E-state index in [1.165, 1.54) is 11.8 Å². The van der Waals surface area contributed by atoms with Crippen molar-refractivity contribution < 1.29 is 9.53 Å². The molecule has 26 heavy (non-hydrogen) atoms. The molecule has 3 heterocycles. The highest BCUT2D eigenvalue weighted by Crippen LogP contribution is 2.22. The summed E-state index contributed by atoms with van der Waals surface area (Å²) in [6.45, 7) is 9.27. The number of thioether (sulfide) groups is 1. The average Bonchev–Trinajstić information content (AvgIpc) is 3.12. The van der Waals surface area contributed by atoms with E-state index in [-0.39, 0.29) is 5.78 Å². The number of Topliss-reactive ketones (excluding diaryl/α,β-unsaturated/α-hetero) is 1. The average molecular weight is 373 g/mol. The fraction of sp³-hybridized carbons (Fsp3) is 0.444. The Morgan fingerprint density at radius 1 is 1.15 bits per heavy atom. The molecule has 0 fully saturated rings. The molecule has 3 aromatic rings. The monoisotopic (exact) mass is 373 g/mol. The number of hydrogen-bond donors (Lipinski definition) is 0. The van der Waals surface area contributed by atoms with Gasteiger partial charge >= 0.3 is 0 Å². The molecule has 7 nitrogen and oxygen atoms in total. The maximum absolute atomic E-state index is 12.7. The van der Waals surface area contributed by atoms with E-state index in [0.717, 1.165) is 34.9 Å². The lowest BCUT2D eigenvalue weighted by molar-refractivity contribution is 0.102. The largest absolute Gasteiger partial charge is 0.383 e. The highest BCUT2D eigenvalue weighted by atomic mass is 32.2. The van der Waals surface area contributed by atoms with Gasteiger partial charge in [-0.25, -0.2) is 4.98 Å². The molecule has 0 unspecified atom stereocenters. The van der Waals surface area contributed by atoms with E-state index in [9.17, 15) is 4.79 Å². The number of hydrogen-bond acceptors (Lipinski definition) is 6. The second-order valence-corrected chi connectivity index (χ2v) is 7.24. The molecular formula is C18H23N5O2S. The lowest BCUT2D eigenvalue weighted by Gasteiger charge is -2.08. The van der Waals surface area contributed by atoms with Crippen molar-refractivity contribution in [3.05, 3.63) is 40.5 Å². The fourth-order valence-corrected chi connectivity index (χ4v) is 3.98. The van der Waals surface area contributed by atoms with Crippen LogP contribution in [0.4, 0.5) is 0 Å². The molecule has 0 amide bonds. The summed E-state index contributed by atoms with van der Waals surface area (Å²) in [6, 6.07) is 3.93. The lowest BCUT2D eigenvalue weighted by atomic mass is 10.2. The molecule has 0 bridgehead atoms. The standard InChI is InChI=1S/C18H23N5O2S/c1-11-8-13(3)23-17(19-11)20-21-18(23)26-10-16(24)15-9-12(2)22(14(15)4)6-7-25-5/h8-9H,6-7,10H2,1-5H3. The predicted octanol–water partition coefficient (Wildman–Crippen LogP) is 2.78. The number of aromatic nitrogens is 5. The van der Waals surface area contributed by atoms with E-state index in [2.05, 4.69) is 19.7 Å². The quantitative estimate of drug-likeness (QED) is 0.468. The van der Waals surface area contributed by atoms with Crippen LogP contribution in [0.5, 0.6) is 0 Å². The first-order chi connectivity index (χ1) is 12.4. The molecule has 0 aliphatic carbocycles. The van der Waals surface area contributed by atoms with Crippen molar-refractivity contribution in [3.8, 4) is 0 Å². The van der Waals surface area contributed by atoms with Gasteiger partial charge in [0.05, 0.1) is 12.4 Å². The Hall–Kier alpha value is -2.19. The Morgan fingerprint density at radius 3 is 2.65 bits per heavy atom. The molecule has 0 aliphatic rings. The number of carbonyl (C=O) groups excluding carboxylic acids is 1. The molecule has 138 valence electrons. The van der Waals surface area contributed by atoms with Gasteiger partial charge in [-0.05, 0) is 39.8 Å². The number of ether oxygens (including phenoxy) is 1. The fourth-order valence-electron chi connectivity index (χ4n) is 3.11. The molecule has 8 heteroatoms. The number of aryl methyl sites for hydroxylation is 3. The van der Waals surface area contributed by atoms with Crippen molar-refractivity contribution in [1.29, 1.82) is 0 Å². The zero-order chi connectivity index (χ0) is 18.8. The van der Waals surface area contributed by atoms with E-state index in [4.69, 9.17) is 4.74 Å². The maximum atomic E-state index is 12.7. The van der Waals surface area contributed by atoms with Gasteiger partial charge in [0.2, 0.25) is 0 Å². The minimum absolute atomic E-state index is 0.0845. The molecule has 0 radical (unpaired) electrons. The molecule has 0 atom stereocenters. The Kier molecular flexibility index (Phi) is 5.43. The van der Waals surface area contributed by atoms with Gasteiger partial charge in [-0.1, -0.05) is 11.8 Å². The smallest absolute Gasteiger partial charge is 0.256 e. The summed E-state index contributed by atoms with van der Waals surface area (Å²) in [6.07, 6.45) is 0. The summed E-state index contributed by atoms with van der Waals surface area (Å²) in [5.74, 6) is 0.958. The Balaban J connectivity index is 1.78. The van der Waals surface area contributed by atoms with Gasteiger partial charge in [-0.3, -0.25) is 9.20 Å². The van der Waals surface area contributed by atoms with Gasteiger partial charge < -0.3 is 9.30 Å². The first kappa shape index (κ1) is 18.6. The summed E-state index contributed by atoms with van der Waals surface area (Å²) in [7, 11) is 1.68. The molecule has 3 rings (SSSR count). The van der Waals surface area contributed by atoms with E-state index in [1.807, 2.05) is 44.2 Å². The Labute approximate surface area is 156 Å². The number of carbonyl (C=O) groups is 1. The van der Waals surface area contributed by atoms with Crippen molar-refractivity contribution in [2.24, 2.45) is 0 Å². The van der Waals surface area contributed by atoms with Crippen molar-refractivity contribution in [2.75, 3.05) is 19.5 Å². The van der Waals surface area contributed by atoms with Crippen LogP contribution in [0.3, 0.4) is 0 Å². The first-order valence-corrected chi connectivity index (χ1v) is 9.42. The zero-order valence-electron chi connectivity index (χ0n) is 15.7. The normalized spacial score (nSPS) is 11.4. The molecule has 0 saturated carbocycles. The van der Waals surface area contributed by atoms with Crippen molar-refractivity contribution in [2.45, 2.75) is 39.4 Å². The highest BCUT2D eigenvalue weighted by molar-refractivity contribution is 7.99. The van der Waals surface area contributed by atoms with Crippen LogP contribution in [0.1, 0.15) is 33.1 Å². The third-order valence-electron chi connectivity index (χ3n) is 4.39. The number of ketones is 1. The maximum Gasteiger partial charge on any atom is 0.256 e. The van der Waals surface area contributed by atoms with Crippen LogP contribution in [-0.2, 0) is 11.3 Å². The van der Waals surface area contributed by atoms with E-state index in [1.54, 1.807) is 7.11 Å². The van der Waals surface area contributed by atoms with Crippen LogP contribution in [0, 0.1) is 27.7 Å². The number of nitrogens with zero attached hydrogens (tertiary/aromatic N) is 5. The Bertz CT molecular complexity index is 960. The second kappa shape index (κ2) is 7.59. The van der Waals surface area contributed by atoms with Crippen LogP contribution in [-0.4, -0.2) is 49.4 Å². The van der Waals surface area contributed by atoms with E-state index in [0.29, 0.717) is 23.3 Å². The van der Waals surface area contributed by atoms with Crippen molar-refractivity contribution >= 4 is 23.3 Å². The summed E-state index contributed by atoms with van der Waals surface area (Å²) >= 11 is 1.39. The third kappa shape index (κ3) is 3.52. The van der Waals surface area contributed by atoms with Gasteiger partial charge in [0.15, 0.2) is 10.9 Å². The van der Waals surface area contributed by atoms with E-state index >= 15 is 0 Å². The van der Waals surface area contributed by atoms with Crippen molar-refractivity contribution in [3.63, 3.8) is 0 Å². The van der Waals surface area contributed by atoms with Gasteiger partial charge in [-0.2, -0.15) is 0 Å². The summed E-state index contributed by atoms with van der Waals surface area (Å²) in [4.78, 5) is 17.1. The third-order valence-corrected chi connectivity index (χ3v) is 5.32. The van der Waals surface area contributed by atoms with Gasteiger partial charge in [0.25, 0.3) is 5.78 Å². The molecule has 3 aromatic heterocycles. The first-order valence-electron chi connectivity index (χ1n) is 8.43. The highest BCUT2D eigenvalue weighted by Gasteiger charge is 2.18. The van der Waals surface area contributed by atoms with Crippen LogP contribution in [0.2, 0.25) is 0 Å². The molecule has 0 saturated heterocycles. The van der Waals surface area contributed by atoms with Gasteiger partial charge in [0.1, 0.15) is 0 Å². The zero-order valence-corrected chi connectivity index (χ0v) is 16.6. The number of rotatable bonds is 7. The number of methoxy groups -OCH3 is 1. The van der Waals surface area contributed by atoms with Crippen molar-refractivity contribution in [1.82, 2.24) is 24.1 Å².